The Morgan fingerprint density at radius 2 is 0.902 bits per heavy atom. The van der Waals surface area contributed by atoms with Crippen molar-refractivity contribution >= 4 is 75.3 Å². The maximum absolute atomic E-state index is 4.96. The van der Waals surface area contributed by atoms with Gasteiger partial charge in [-0.3, -0.25) is 4.98 Å². The van der Waals surface area contributed by atoms with Gasteiger partial charge in [0.2, 0.25) is 0 Å². The second-order valence-corrected chi connectivity index (χ2v) is 14.0. The summed E-state index contributed by atoms with van der Waals surface area (Å²) in [6.07, 6.45) is 1.98. The fraction of sp³-hybridized carbons (Fsp3) is 0. The number of para-hydroxylation sites is 4. The van der Waals surface area contributed by atoms with Crippen molar-refractivity contribution in [2.45, 2.75) is 0 Å². The third-order valence-electron chi connectivity index (χ3n) is 10.1. The molecule has 5 aromatic heterocycles. The minimum atomic E-state index is 0.848. The molecule has 11 rings (SSSR count). The number of rotatable bonds is 4. The Labute approximate surface area is 296 Å². The monoisotopic (exact) mass is 669 g/mol. The summed E-state index contributed by atoms with van der Waals surface area (Å²) in [4.78, 5) is 5.87. The lowest BCUT2D eigenvalue weighted by Crippen LogP contribution is -1.94. The quantitative estimate of drug-likeness (QED) is 0.187. The summed E-state index contributed by atoms with van der Waals surface area (Å²) in [6, 6.07) is 56.1. The fourth-order valence-corrected chi connectivity index (χ4v) is 8.71. The number of thiophene rings is 1. The van der Waals surface area contributed by atoms with Crippen molar-refractivity contribution in [3.8, 4) is 33.9 Å². The number of benzene rings is 6. The van der Waals surface area contributed by atoms with Gasteiger partial charge in [0.05, 0.1) is 38.2 Å². The van der Waals surface area contributed by atoms with E-state index in [9.17, 15) is 0 Å². The van der Waals surface area contributed by atoms with Crippen LogP contribution in [-0.2, 0) is 0 Å². The van der Waals surface area contributed by atoms with E-state index in [1.165, 1.54) is 32.6 Å². The second-order valence-electron chi connectivity index (χ2n) is 13.0. The molecule has 0 bridgehead atoms. The van der Waals surface area contributed by atoms with Crippen LogP contribution in [0.3, 0.4) is 0 Å². The molecule has 0 aliphatic rings. The lowest BCUT2D eigenvalue weighted by molar-refractivity contribution is 1.09. The SMILES string of the molecule is c1ccc(-n2c3ccccc3c3ccc(-c4cc5c(cn4)sc4nnc(-c6ccc7c8ccccc8n(-c8ccccc8)c7c6)cc45)cc32)cc1. The summed E-state index contributed by atoms with van der Waals surface area (Å²) in [7, 11) is 0. The third kappa shape index (κ3) is 4.30. The molecule has 6 aromatic carbocycles. The highest BCUT2D eigenvalue weighted by Crippen LogP contribution is 2.39. The van der Waals surface area contributed by atoms with Crippen LogP contribution in [-0.4, -0.2) is 24.3 Å². The van der Waals surface area contributed by atoms with Gasteiger partial charge in [0, 0.05) is 61.0 Å². The van der Waals surface area contributed by atoms with E-state index in [0.717, 1.165) is 65.2 Å². The van der Waals surface area contributed by atoms with Gasteiger partial charge >= 0.3 is 0 Å². The first-order valence-corrected chi connectivity index (χ1v) is 17.8. The van der Waals surface area contributed by atoms with E-state index < -0.39 is 0 Å². The normalized spacial score (nSPS) is 11.9. The highest BCUT2D eigenvalue weighted by atomic mass is 32.1. The summed E-state index contributed by atoms with van der Waals surface area (Å²) in [5.74, 6) is 0. The molecule has 11 aromatic rings. The van der Waals surface area contributed by atoms with E-state index in [0.29, 0.717) is 0 Å². The minimum absolute atomic E-state index is 0.848. The average Bonchev–Trinajstić information content (AvgIpc) is 3.85. The zero-order valence-electron chi connectivity index (χ0n) is 27.2. The number of fused-ring (bicyclic) bond motifs is 9. The Morgan fingerprint density at radius 1 is 0.392 bits per heavy atom. The smallest absolute Gasteiger partial charge is 0.147 e. The molecule has 0 amide bonds. The summed E-state index contributed by atoms with van der Waals surface area (Å²) in [5, 5.41) is 16.6. The molecule has 0 unspecified atom stereocenters. The largest absolute Gasteiger partial charge is 0.309 e. The maximum Gasteiger partial charge on any atom is 0.147 e. The van der Waals surface area contributed by atoms with Crippen LogP contribution in [0.1, 0.15) is 0 Å². The molecule has 0 N–H and O–H groups in total. The van der Waals surface area contributed by atoms with Crippen LogP contribution in [0.15, 0.2) is 164 Å². The zero-order valence-corrected chi connectivity index (χ0v) is 28.0. The first-order valence-electron chi connectivity index (χ1n) is 17.0. The van der Waals surface area contributed by atoms with Gasteiger partial charge in [0.1, 0.15) is 4.83 Å². The van der Waals surface area contributed by atoms with Crippen LogP contribution in [0.25, 0.3) is 97.8 Å². The molecule has 0 aliphatic heterocycles. The number of nitrogens with zero attached hydrogens (tertiary/aromatic N) is 5. The summed E-state index contributed by atoms with van der Waals surface area (Å²) >= 11 is 1.64. The van der Waals surface area contributed by atoms with Gasteiger partial charge in [-0.15, -0.1) is 21.5 Å². The number of pyridine rings is 1. The minimum Gasteiger partial charge on any atom is -0.309 e. The van der Waals surface area contributed by atoms with Gasteiger partial charge < -0.3 is 9.13 Å². The van der Waals surface area contributed by atoms with Crippen molar-refractivity contribution in [1.29, 1.82) is 0 Å². The second kappa shape index (κ2) is 10.9. The van der Waals surface area contributed by atoms with E-state index in [-0.39, 0.29) is 0 Å². The van der Waals surface area contributed by atoms with Crippen LogP contribution in [0.5, 0.6) is 0 Å². The van der Waals surface area contributed by atoms with Crippen LogP contribution >= 0.6 is 11.3 Å². The Kier molecular flexibility index (Phi) is 6.05. The highest BCUT2D eigenvalue weighted by Gasteiger charge is 2.17. The van der Waals surface area contributed by atoms with Gasteiger partial charge in [-0.1, -0.05) is 97.1 Å². The molecule has 6 heteroatoms. The molecule has 5 heterocycles. The van der Waals surface area contributed by atoms with Crippen LogP contribution in [0, 0.1) is 0 Å². The van der Waals surface area contributed by atoms with Gasteiger partial charge in [-0.25, -0.2) is 0 Å². The molecular formula is C45H27N5S. The van der Waals surface area contributed by atoms with Crippen LogP contribution < -0.4 is 0 Å². The maximum atomic E-state index is 4.96. The third-order valence-corrected chi connectivity index (χ3v) is 11.1. The Morgan fingerprint density at radius 3 is 1.51 bits per heavy atom. The summed E-state index contributed by atoms with van der Waals surface area (Å²) in [6.45, 7) is 0. The van der Waals surface area contributed by atoms with Crippen LogP contribution in [0.4, 0.5) is 0 Å². The topological polar surface area (TPSA) is 48.5 Å². The molecular weight excluding hydrogens is 643 g/mol. The number of hydrogen-bond acceptors (Lipinski definition) is 4. The van der Waals surface area contributed by atoms with E-state index >= 15 is 0 Å². The summed E-state index contributed by atoms with van der Waals surface area (Å²) < 4.78 is 5.79. The lowest BCUT2D eigenvalue weighted by atomic mass is 10.0. The lowest BCUT2D eigenvalue weighted by Gasteiger charge is -2.09. The molecule has 0 atom stereocenters. The van der Waals surface area contributed by atoms with E-state index in [1.807, 2.05) is 6.20 Å². The highest BCUT2D eigenvalue weighted by molar-refractivity contribution is 7.25. The fourth-order valence-electron chi connectivity index (χ4n) is 7.76. The molecule has 0 saturated heterocycles. The zero-order chi connectivity index (χ0) is 33.5. The Balaban J connectivity index is 1.07. The predicted molar refractivity (Wildman–Crippen MR) is 212 cm³/mol. The summed E-state index contributed by atoms with van der Waals surface area (Å²) in [5.41, 5.74) is 10.8. The van der Waals surface area contributed by atoms with Crippen molar-refractivity contribution in [3.05, 3.63) is 164 Å². The average molecular weight is 670 g/mol. The van der Waals surface area contributed by atoms with E-state index in [2.05, 4.69) is 167 Å². The van der Waals surface area contributed by atoms with Crippen LogP contribution in [0.2, 0.25) is 0 Å². The molecule has 238 valence electrons. The first-order chi connectivity index (χ1) is 25.3. The van der Waals surface area contributed by atoms with Crippen molar-refractivity contribution in [2.24, 2.45) is 0 Å². The standard InChI is InChI=1S/C45H27N5S/c1-3-11-30(12-4-1)49-40-17-9-7-15-32(40)34-21-19-28(23-42(34)49)38-25-36-37-26-39(47-48-45(37)51-44(36)27-46-38)29-20-22-35-33-16-8-10-18-41(33)50(43(35)24-29)31-13-5-2-6-14-31/h1-27H. The number of aromatic nitrogens is 5. The first kappa shape index (κ1) is 28.2. The van der Waals surface area contributed by atoms with E-state index in [1.54, 1.807) is 11.3 Å². The van der Waals surface area contributed by atoms with Crippen molar-refractivity contribution < 1.29 is 0 Å². The van der Waals surface area contributed by atoms with Gasteiger partial charge in [-0.2, -0.15) is 0 Å². The molecule has 0 spiro atoms. The van der Waals surface area contributed by atoms with Crippen molar-refractivity contribution in [2.75, 3.05) is 0 Å². The molecule has 0 fully saturated rings. The molecule has 0 aliphatic carbocycles. The number of hydrogen-bond donors (Lipinski definition) is 0. The Bertz CT molecular complexity index is 2920. The molecule has 51 heavy (non-hydrogen) atoms. The van der Waals surface area contributed by atoms with Crippen molar-refractivity contribution in [1.82, 2.24) is 24.3 Å². The van der Waals surface area contributed by atoms with Gasteiger partial charge in [0.25, 0.3) is 0 Å². The predicted octanol–water partition coefficient (Wildman–Crippen LogP) is 11.8. The van der Waals surface area contributed by atoms with Crippen molar-refractivity contribution in [3.63, 3.8) is 0 Å². The molecule has 5 nitrogen and oxygen atoms in total. The van der Waals surface area contributed by atoms with Gasteiger partial charge in [-0.05, 0) is 60.7 Å². The molecule has 0 radical (unpaired) electrons. The Hall–Kier alpha value is -6.63. The molecule has 0 saturated carbocycles. The van der Waals surface area contributed by atoms with E-state index in [4.69, 9.17) is 15.2 Å². The van der Waals surface area contributed by atoms with Gasteiger partial charge in [0.15, 0.2) is 0 Å².